The lowest BCUT2D eigenvalue weighted by Crippen LogP contribution is -2.24. The lowest BCUT2D eigenvalue weighted by atomic mass is 9.96. The SMILES string of the molecule is [2H]C1([2H])C([2H])([2H])C1(C(=O)OC)c1c(C)ncnc1Cl. The van der Waals surface area contributed by atoms with Crippen molar-refractivity contribution in [3.05, 3.63) is 22.7 Å². The molecule has 0 bridgehead atoms. The molecule has 1 aliphatic rings. The van der Waals surface area contributed by atoms with E-state index in [-0.39, 0.29) is 16.4 Å². The third kappa shape index (κ3) is 1.49. The summed E-state index contributed by atoms with van der Waals surface area (Å²) in [5.41, 5.74) is -1.94. The van der Waals surface area contributed by atoms with Gasteiger partial charge in [0, 0.05) is 16.7 Å². The molecule has 0 aliphatic heterocycles. The number of nitrogens with zero attached hydrogens (tertiary/aromatic N) is 2. The van der Waals surface area contributed by atoms with E-state index in [2.05, 4.69) is 14.7 Å². The van der Waals surface area contributed by atoms with Crippen LogP contribution in [-0.2, 0) is 14.9 Å². The zero-order valence-corrected chi connectivity index (χ0v) is 8.92. The first-order valence-corrected chi connectivity index (χ1v) is 4.60. The Morgan fingerprint density at radius 2 is 2.33 bits per heavy atom. The Kier molecular flexibility index (Phi) is 1.48. The van der Waals surface area contributed by atoms with E-state index in [0.717, 1.165) is 7.11 Å². The number of hydrogen-bond acceptors (Lipinski definition) is 4. The Morgan fingerprint density at radius 3 is 2.80 bits per heavy atom. The molecule has 0 spiro atoms. The van der Waals surface area contributed by atoms with Crippen LogP contribution < -0.4 is 0 Å². The minimum Gasteiger partial charge on any atom is -0.468 e. The van der Waals surface area contributed by atoms with E-state index in [9.17, 15) is 4.79 Å². The highest BCUT2D eigenvalue weighted by atomic mass is 35.5. The molecule has 0 radical (unpaired) electrons. The molecule has 1 aromatic heterocycles. The first kappa shape index (κ1) is 6.43. The number of carbonyl (C=O) groups excluding carboxylic acids is 1. The van der Waals surface area contributed by atoms with Gasteiger partial charge in [-0.15, -0.1) is 0 Å². The molecule has 4 nitrogen and oxygen atoms in total. The Morgan fingerprint density at radius 1 is 1.67 bits per heavy atom. The molecular formula is C10H11ClN2O2. The topological polar surface area (TPSA) is 52.1 Å². The first-order valence-electron chi connectivity index (χ1n) is 6.22. The van der Waals surface area contributed by atoms with Gasteiger partial charge in [-0.3, -0.25) is 4.79 Å². The number of ether oxygens (including phenoxy) is 1. The fourth-order valence-electron chi connectivity index (χ4n) is 1.42. The summed E-state index contributed by atoms with van der Waals surface area (Å²) in [7, 11) is 1.07. The standard InChI is InChI=1S/C10H11ClN2O2/c1-6-7(8(11)13-5-12-6)10(3-4-10)9(14)15-2/h5H,3-4H2,1-2H3/i3D2,4D2. The third-order valence-corrected chi connectivity index (χ3v) is 2.52. The lowest BCUT2D eigenvalue weighted by Gasteiger charge is -2.15. The highest BCUT2D eigenvalue weighted by Gasteiger charge is 2.55. The molecular weight excluding hydrogens is 216 g/mol. The second-order valence-electron chi connectivity index (χ2n) is 3.12. The van der Waals surface area contributed by atoms with E-state index in [1.54, 1.807) is 0 Å². The zero-order valence-electron chi connectivity index (χ0n) is 12.2. The van der Waals surface area contributed by atoms with Crippen molar-refractivity contribution in [1.29, 1.82) is 0 Å². The molecule has 1 aliphatic carbocycles. The van der Waals surface area contributed by atoms with Crippen molar-refractivity contribution >= 4 is 17.6 Å². The van der Waals surface area contributed by atoms with Crippen LogP contribution in [0.3, 0.4) is 0 Å². The zero-order chi connectivity index (χ0) is 14.6. The van der Waals surface area contributed by atoms with Gasteiger partial charge in [0.25, 0.3) is 0 Å². The van der Waals surface area contributed by atoms with Crippen LogP contribution in [0.4, 0.5) is 0 Å². The summed E-state index contributed by atoms with van der Waals surface area (Å²) >= 11 is 5.92. The van der Waals surface area contributed by atoms with Crippen LogP contribution >= 0.6 is 11.6 Å². The molecule has 1 aromatic rings. The molecule has 5 heteroatoms. The van der Waals surface area contributed by atoms with Crippen molar-refractivity contribution in [1.82, 2.24) is 9.97 Å². The minimum atomic E-state index is -2.44. The van der Waals surface area contributed by atoms with Gasteiger partial charge in [-0.2, -0.15) is 0 Å². The van der Waals surface area contributed by atoms with Gasteiger partial charge in [0.1, 0.15) is 11.5 Å². The summed E-state index contributed by atoms with van der Waals surface area (Å²) in [4.78, 5) is 19.6. The van der Waals surface area contributed by atoms with Crippen molar-refractivity contribution in [3.8, 4) is 0 Å². The van der Waals surface area contributed by atoms with Crippen molar-refractivity contribution in [2.24, 2.45) is 0 Å². The van der Waals surface area contributed by atoms with Crippen LogP contribution in [0.5, 0.6) is 0 Å². The van der Waals surface area contributed by atoms with Crippen LogP contribution in [0, 0.1) is 6.92 Å². The molecule has 0 atom stereocenters. The van der Waals surface area contributed by atoms with Gasteiger partial charge >= 0.3 is 5.97 Å². The Labute approximate surface area is 98.3 Å². The van der Waals surface area contributed by atoms with Gasteiger partial charge < -0.3 is 4.74 Å². The maximum Gasteiger partial charge on any atom is 0.316 e. The maximum absolute atomic E-state index is 12.0. The number of carbonyl (C=O) groups is 1. The molecule has 80 valence electrons. The Bertz CT molecular complexity index is 530. The number of rotatable bonds is 2. The van der Waals surface area contributed by atoms with Crippen LogP contribution in [0.15, 0.2) is 6.33 Å². The van der Waals surface area contributed by atoms with Gasteiger partial charge in [-0.05, 0) is 19.7 Å². The number of methoxy groups -OCH3 is 1. The van der Waals surface area contributed by atoms with Gasteiger partial charge in [0.15, 0.2) is 0 Å². The van der Waals surface area contributed by atoms with Crippen molar-refractivity contribution in [2.75, 3.05) is 7.11 Å². The van der Waals surface area contributed by atoms with Crippen LogP contribution in [0.2, 0.25) is 5.15 Å². The largest absolute Gasteiger partial charge is 0.468 e. The molecule has 0 N–H and O–H groups in total. The van der Waals surface area contributed by atoms with E-state index in [1.807, 2.05) is 0 Å². The Hall–Kier alpha value is -1.16. The van der Waals surface area contributed by atoms with E-state index in [1.165, 1.54) is 13.3 Å². The summed E-state index contributed by atoms with van der Waals surface area (Å²) in [5, 5.41) is -0.150. The fourth-order valence-corrected chi connectivity index (χ4v) is 1.74. The van der Waals surface area contributed by atoms with Crippen molar-refractivity contribution in [2.45, 2.75) is 25.1 Å². The van der Waals surface area contributed by atoms with E-state index in [0.29, 0.717) is 0 Å². The summed E-state index contributed by atoms with van der Waals surface area (Å²) in [6.45, 7) is 1.51. The van der Waals surface area contributed by atoms with Gasteiger partial charge in [0.2, 0.25) is 0 Å². The number of aromatic nitrogens is 2. The molecule has 0 aromatic carbocycles. The predicted octanol–water partition coefficient (Wildman–Crippen LogP) is 1.64. The number of halogens is 1. The number of esters is 1. The van der Waals surface area contributed by atoms with Crippen LogP contribution in [0.1, 0.15) is 29.5 Å². The Balaban J connectivity index is 2.78. The van der Waals surface area contributed by atoms with Crippen LogP contribution in [-0.4, -0.2) is 23.0 Å². The highest BCUT2D eigenvalue weighted by molar-refractivity contribution is 6.30. The summed E-state index contributed by atoms with van der Waals surface area (Å²) in [6, 6.07) is 0. The summed E-state index contributed by atoms with van der Waals surface area (Å²) in [5.74, 6) is -1.03. The highest BCUT2D eigenvalue weighted by Crippen LogP contribution is 2.51. The molecule has 15 heavy (non-hydrogen) atoms. The normalized spacial score (nSPS) is 27.9. The predicted molar refractivity (Wildman–Crippen MR) is 54.7 cm³/mol. The molecule has 0 amide bonds. The second-order valence-corrected chi connectivity index (χ2v) is 3.47. The molecule has 0 unspecified atom stereocenters. The van der Waals surface area contributed by atoms with Gasteiger partial charge in [-0.1, -0.05) is 11.6 Å². The number of aryl methyl sites for hydroxylation is 1. The van der Waals surface area contributed by atoms with Crippen molar-refractivity contribution in [3.63, 3.8) is 0 Å². The maximum atomic E-state index is 12.0. The summed E-state index contributed by atoms with van der Waals surface area (Å²) < 4.78 is 35.8. The monoisotopic (exact) mass is 230 g/mol. The average Bonchev–Trinajstić information content (AvgIpc) is 2.67. The van der Waals surface area contributed by atoms with Gasteiger partial charge in [0.05, 0.1) is 12.5 Å². The van der Waals surface area contributed by atoms with Crippen molar-refractivity contribution < 1.29 is 15.0 Å². The second kappa shape index (κ2) is 3.45. The smallest absolute Gasteiger partial charge is 0.316 e. The number of hydrogen-bond donors (Lipinski definition) is 0. The molecule has 1 saturated carbocycles. The molecule has 1 heterocycles. The van der Waals surface area contributed by atoms with E-state index >= 15 is 0 Å². The quantitative estimate of drug-likeness (QED) is 0.573. The molecule has 1 fully saturated rings. The van der Waals surface area contributed by atoms with Gasteiger partial charge in [-0.25, -0.2) is 9.97 Å². The summed E-state index contributed by atoms with van der Waals surface area (Å²) in [6.07, 6.45) is -3.71. The van der Waals surface area contributed by atoms with E-state index < -0.39 is 24.1 Å². The molecule has 2 rings (SSSR count). The molecule has 0 saturated heterocycles. The van der Waals surface area contributed by atoms with Crippen LogP contribution in [0.25, 0.3) is 0 Å². The average molecular weight is 231 g/mol. The third-order valence-electron chi connectivity index (χ3n) is 2.23. The first-order chi connectivity index (χ1) is 8.66. The lowest BCUT2D eigenvalue weighted by molar-refractivity contribution is -0.143. The fraction of sp³-hybridized carbons (Fsp3) is 0.500. The minimum absolute atomic E-state index is 0.0569. The van der Waals surface area contributed by atoms with E-state index in [4.69, 9.17) is 17.1 Å².